The van der Waals surface area contributed by atoms with E-state index in [0.29, 0.717) is 24.7 Å². The van der Waals surface area contributed by atoms with Gasteiger partial charge < -0.3 is 16.0 Å². The molecule has 116 valence electrons. The summed E-state index contributed by atoms with van der Waals surface area (Å²) in [6.07, 6.45) is 2.07. The van der Waals surface area contributed by atoms with Gasteiger partial charge >= 0.3 is 0 Å². The molecule has 0 spiro atoms. The molecule has 0 aromatic heterocycles. The smallest absolute Gasteiger partial charge is 0.220 e. The fraction of sp³-hybridized carbons (Fsp3) is 0.867. The van der Waals surface area contributed by atoms with Crippen LogP contribution in [0.15, 0.2) is 0 Å². The Hall–Kier alpha value is -1.10. The predicted molar refractivity (Wildman–Crippen MR) is 80.0 cm³/mol. The van der Waals surface area contributed by atoms with Gasteiger partial charge in [0.25, 0.3) is 0 Å². The normalized spacial score (nSPS) is 21.1. The number of nitrogens with one attached hydrogen (secondary N) is 1. The second kappa shape index (κ2) is 8.25. The van der Waals surface area contributed by atoms with Gasteiger partial charge in [0, 0.05) is 32.0 Å². The van der Waals surface area contributed by atoms with Crippen molar-refractivity contribution in [3.8, 4) is 0 Å². The number of carbonyl (C=O) groups is 2. The molecule has 1 aliphatic rings. The highest BCUT2D eigenvalue weighted by molar-refractivity contribution is 5.79. The molecule has 0 aromatic carbocycles. The number of nitrogens with zero attached hydrogens (tertiary/aromatic N) is 1. The third kappa shape index (κ3) is 6.37. The molecule has 1 fully saturated rings. The second-order valence-electron chi connectivity index (χ2n) is 6.45. The van der Waals surface area contributed by atoms with Crippen molar-refractivity contribution in [2.75, 3.05) is 26.2 Å². The summed E-state index contributed by atoms with van der Waals surface area (Å²) in [7, 11) is 0. The van der Waals surface area contributed by atoms with Gasteiger partial charge in [0.05, 0.1) is 0 Å². The van der Waals surface area contributed by atoms with Gasteiger partial charge in [-0.25, -0.2) is 0 Å². The van der Waals surface area contributed by atoms with Gasteiger partial charge in [0.1, 0.15) is 0 Å². The molecular formula is C15H29N3O2. The van der Waals surface area contributed by atoms with Crippen molar-refractivity contribution in [2.45, 2.75) is 40.0 Å². The number of amides is 2. The van der Waals surface area contributed by atoms with Gasteiger partial charge in [0.15, 0.2) is 0 Å². The number of likely N-dealkylation sites (tertiary alicyclic amines) is 1. The molecule has 5 heteroatoms. The van der Waals surface area contributed by atoms with Crippen LogP contribution in [0, 0.1) is 17.8 Å². The lowest BCUT2D eigenvalue weighted by Crippen LogP contribution is -2.32. The molecule has 1 unspecified atom stereocenters. The summed E-state index contributed by atoms with van der Waals surface area (Å²) >= 11 is 0. The minimum absolute atomic E-state index is 0.0282. The van der Waals surface area contributed by atoms with E-state index in [1.807, 2.05) is 0 Å². The van der Waals surface area contributed by atoms with Crippen LogP contribution in [0.2, 0.25) is 0 Å². The number of primary amides is 1. The van der Waals surface area contributed by atoms with Crippen LogP contribution in [0.4, 0.5) is 0 Å². The van der Waals surface area contributed by atoms with Crippen LogP contribution >= 0.6 is 0 Å². The number of hydrogen-bond donors (Lipinski definition) is 2. The lowest BCUT2D eigenvalue weighted by Gasteiger charge is -2.18. The zero-order valence-corrected chi connectivity index (χ0v) is 13.0. The van der Waals surface area contributed by atoms with Crippen LogP contribution in [0.1, 0.15) is 40.0 Å². The molecule has 2 atom stereocenters. The Morgan fingerprint density at radius 1 is 1.35 bits per heavy atom. The third-order valence-corrected chi connectivity index (χ3v) is 3.87. The molecule has 0 aliphatic carbocycles. The van der Waals surface area contributed by atoms with Crippen molar-refractivity contribution in [2.24, 2.45) is 23.5 Å². The van der Waals surface area contributed by atoms with E-state index >= 15 is 0 Å². The van der Waals surface area contributed by atoms with Crippen LogP contribution < -0.4 is 11.1 Å². The number of rotatable bonds is 8. The van der Waals surface area contributed by atoms with Gasteiger partial charge in [0.2, 0.25) is 11.8 Å². The van der Waals surface area contributed by atoms with Crippen molar-refractivity contribution in [1.82, 2.24) is 10.2 Å². The summed E-state index contributed by atoms with van der Waals surface area (Å²) < 4.78 is 0. The van der Waals surface area contributed by atoms with E-state index in [4.69, 9.17) is 5.73 Å². The number of nitrogens with two attached hydrogens (primary N) is 1. The number of carbonyl (C=O) groups excluding carboxylic acids is 2. The molecule has 1 rings (SSSR count). The molecule has 1 heterocycles. The minimum atomic E-state index is -0.335. The number of hydrogen-bond acceptors (Lipinski definition) is 3. The highest BCUT2D eigenvalue weighted by atomic mass is 16.2. The molecule has 2 amide bonds. The third-order valence-electron chi connectivity index (χ3n) is 3.87. The standard InChI is InChI=1S/C15H29N3O2/c1-11(2)9-18-7-6-13(10-18)8-17-14(19)5-4-12(3)15(16)20/h11-13H,4-10H2,1-3H3,(H2,16,20)(H,17,19)/t12?,13-/m0/s1. The zero-order chi connectivity index (χ0) is 15.1. The summed E-state index contributed by atoms with van der Waals surface area (Å²) in [6.45, 7) is 10.3. The summed E-state index contributed by atoms with van der Waals surface area (Å²) in [4.78, 5) is 25.1. The summed E-state index contributed by atoms with van der Waals surface area (Å²) in [5, 5.41) is 2.98. The summed E-state index contributed by atoms with van der Waals surface area (Å²) in [6, 6.07) is 0. The highest BCUT2D eigenvalue weighted by Gasteiger charge is 2.23. The topological polar surface area (TPSA) is 75.4 Å². The maximum atomic E-state index is 11.7. The van der Waals surface area contributed by atoms with Crippen molar-refractivity contribution < 1.29 is 9.59 Å². The SMILES string of the molecule is CC(C)CN1CC[C@@H](CNC(=O)CCC(C)C(N)=O)C1. The van der Waals surface area contributed by atoms with E-state index < -0.39 is 0 Å². The fourth-order valence-electron chi connectivity index (χ4n) is 2.60. The van der Waals surface area contributed by atoms with Gasteiger partial charge in [-0.1, -0.05) is 20.8 Å². The van der Waals surface area contributed by atoms with Gasteiger partial charge in [-0.05, 0) is 31.2 Å². The Labute approximate surface area is 122 Å². The Morgan fingerprint density at radius 2 is 2.05 bits per heavy atom. The van der Waals surface area contributed by atoms with Crippen molar-refractivity contribution in [1.29, 1.82) is 0 Å². The maximum Gasteiger partial charge on any atom is 0.220 e. The summed E-state index contributed by atoms with van der Waals surface area (Å²) in [5.74, 6) is 0.719. The first-order valence-electron chi connectivity index (χ1n) is 7.66. The van der Waals surface area contributed by atoms with E-state index in [-0.39, 0.29) is 17.7 Å². The monoisotopic (exact) mass is 283 g/mol. The van der Waals surface area contributed by atoms with Crippen LogP contribution in [-0.2, 0) is 9.59 Å². The molecule has 5 nitrogen and oxygen atoms in total. The quantitative estimate of drug-likeness (QED) is 0.697. The van der Waals surface area contributed by atoms with Gasteiger partial charge in [-0.2, -0.15) is 0 Å². The molecule has 20 heavy (non-hydrogen) atoms. The Morgan fingerprint density at radius 3 is 2.65 bits per heavy atom. The molecular weight excluding hydrogens is 254 g/mol. The molecule has 0 bridgehead atoms. The second-order valence-corrected chi connectivity index (χ2v) is 6.45. The molecule has 1 saturated heterocycles. The maximum absolute atomic E-state index is 11.7. The first-order valence-corrected chi connectivity index (χ1v) is 7.66. The Kier molecular flexibility index (Phi) is 6.99. The fourth-order valence-corrected chi connectivity index (χ4v) is 2.60. The molecule has 3 N–H and O–H groups in total. The first kappa shape index (κ1) is 17.0. The van der Waals surface area contributed by atoms with E-state index in [1.54, 1.807) is 6.92 Å². The van der Waals surface area contributed by atoms with Crippen molar-refractivity contribution >= 4 is 11.8 Å². The van der Waals surface area contributed by atoms with E-state index in [2.05, 4.69) is 24.1 Å². The zero-order valence-electron chi connectivity index (χ0n) is 13.0. The van der Waals surface area contributed by atoms with E-state index in [0.717, 1.165) is 32.6 Å². The predicted octanol–water partition coefficient (Wildman–Crippen LogP) is 0.982. The molecule has 1 aliphatic heterocycles. The van der Waals surface area contributed by atoms with E-state index in [1.165, 1.54) is 0 Å². The van der Waals surface area contributed by atoms with Crippen molar-refractivity contribution in [3.05, 3.63) is 0 Å². The largest absolute Gasteiger partial charge is 0.369 e. The van der Waals surface area contributed by atoms with Gasteiger partial charge in [-0.3, -0.25) is 9.59 Å². The lowest BCUT2D eigenvalue weighted by atomic mass is 10.0. The van der Waals surface area contributed by atoms with E-state index in [9.17, 15) is 9.59 Å². The van der Waals surface area contributed by atoms with Crippen molar-refractivity contribution in [3.63, 3.8) is 0 Å². The minimum Gasteiger partial charge on any atom is -0.369 e. The van der Waals surface area contributed by atoms with Crippen LogP contribution in [0.25, 0.3) is 0 Å². The average Bonchev–Trinajstić information content (AvgIpc) is 2.79. The average molecular weight is 283 g/mol. The Bertz CT molecular complexity index is 331. The van der Waals surface area contributed by atoms with Crippen LogP contribution in [0.3, 0.4) is 0 Å². The highest BCUT2D eigenvalue weighted by Crippen LogP contribution is 2.16. The lowest BCUT2D eigenvalue weighted by molar-refractivity contribution is -0.123. The molecule has 0 saturated carbocycles. The Balaban J connectivity index is 2.14. The van der Waals surface area contributed by atoms with Crippen LogP contribution in [-0.4, -0.2) is 42.9 Å². The van der Waals surface area contributed by atoms with Crippen LogP contribution in [0.5, 0.6) is 0 Å². The molecule has 0 aromatic rings. The first-order chi connectivity index (χ1) is 9.38. The summed E-state index contributed by atoms with van der Waals surface area (Å²) in [5.41, 5.74) is 5.17. The van der Waals surface area contributed by atoms with Gasteiger partial charge in [-0.15, -0.1) is 0 Å². The molecule has 0 radical (unpaired) electrons.